The van der Waals surface area contributed by atoms with Crippen LogP contribution < -0.4 is 10.6 Å². The molecule has 3 heterocycles. The monoisotopic (exact) mass is 436 g/mol. The van der Waals surface area contributed by atoms with Crippen LogP contribution in [0.3, 0.4) is 0 Å². The molecule has 0 radical (unpaired) electrons. The molecule has 1 aliphatic heterocycles. The third-order valence-electron chi connectivity index (χ3n) is 5.02. The molecule has 10 heteroatoms. The molecule has 2 aromatic heterocycles. The number of fused-ring (bicyclic) bond motifs is 1. The predicted molar refractivity (Wildman–Crippen MR) is 108 cm³/mol. The van der Waals surface area contributed by atoms with Gasteiger partial charge in [-0.15, -0.1) is 11.3 Å². The predicted octanol–water partition coefficient (Wildman–Crippen LogP) is 4.91. The van der Waals surface area contributed by atoms with E-state index in [0.29, 0.717) is 11.3 Å². The number of amides is 1. The number of aromatic nitrogens is 2. The molecule has 0 fully saturated rings. The number of aliphatic hydroxyl groups is 1. The van der Waals surface area contributed by atoms with E-state index in [4.69, 9.17) is 0 Å². The number of nitrogens with one attached hydrogen (secondary N) is 2. The van der Waals surface area contributed by atoms with Crippen LogP contribution in [0.1, 0.15) is 52.3 Å². The summed E-state index contributed by atoms with van der Waals surface area (Å²) in [6.07, 6.45) is -4.20. The minimum Gasteiger partial charge on any atom is -0.389 e. The molecule has 3 atom stereocenters. The van der Waals surface area contributed by atoms with E-state index in [2.05, 4.69) is 15.7 Å². The van der Waals surface area contributed by atoms with Crippen molar-refractivity contribution in [2.45, 2.75) is 37.7 Å². The van der Waals surface area contributed by atoms with E-state index in [0.717, 1.165) is 15.8 Å². The summed E-state index contributed by atoms with van der Waals surface area (Å²) in [7, 11) is 0. The highest BCUT2D eigenvalue weighted by Gasteiger charge is 2.47. The Morgan fingerprint density at radius 3 is 2.67 bits per heavy atom. The number of anilines is 2. The molecule has 0 spiro atoms. The zero-order valence-electron chi connectivity index (χ0n) is 15.8. The normalized spacial score (nSPS) is 19.6. The van der Waals surface area contributed by atoms with E-state index in [1.807, 2.05) is 0 Å². The van der Waals surface area contributed by atoms with Crippen molar-refractivity contribution in [2.24, 2.45) is 0 Å². The number of aliphatic hydroxyl groups excluding tert-OH is 1. The van der Waals surface area contributed by atoms with Gasteiger partial charge in [-0.1, -0.05) is 18.2 Å². The maximum atomic E-state index is 13.7. The highest BCUT2D eigenvalue weighted by Crippen LogP contribution is 2.45. The molecule has 1 aromatic carbocycles. The van der Waals surface area contributed by atoms with Gasteiger partial charge in [-0.3, -0.25) is 4.79 Å². The standard InChI is InChI=1S/C20H19F3N4O2S/c1-11(28)12-4-6-13(7-5-12)25-19(29)14-10-24-27-17(20(21,22)23)9-15(26-18(14)27)16-3-2-8-30-16/h2-8,10-11,15,17,26,28H,9H2,1H3,(H,25,29)/t11-,15+,17-/m0/s1. The first kappa shape index (κ1) is 20.4. The molecular formula is C20H19F3N4O2S. The number of alkyl halides is 3. The number of carbonyl (C=O) groups excluding carboxylic acids is 1. The van der Waals surface area contributed by atoms with Crippen LogP contribution in [0.15, 0.2) is 48.0 Å². The van der Waals surface area contributed by atoms with Gasteiger partial charge in [0, 0.05) is 17.0 Å². The Kier molecular flexibility index (Phi) is 5.29. The van der Waals surface area contributed by atoms with E-state index in [-0.39, 0.29) is 17.8 Å². The molecule has 0 bridgehead atoms. The molecule has 3 N–H and O–H groups in total. The molecule has 1 amide bonds. The van der Waals surface area contributed by atoms with Crippen molar-refractivity contribution in [3.8, 4) is 0 Å². The molecule has 1 aliphatic rings. The van der Waals surface area contributed by atoms with Crippen molar-refractivity contribution < 1.29 is 23.1 Å². The van der Waals surface area contributed by atoms with E-state index < -0.39 is 30.3 Å². The summed E-state index contributed by atoms with van der Waals surface area (Å²) in [5.74, 6) is -0.527. The average molecular weight is 436 g/mol. The molecular weight excluding hydrogens is 417 g/mol. The molecule has 6 nitrogen and oxygen atoms in total. The summed E-state index contributed by atoms with van der Waals surface area (Å²) in [5.41, 5.74) is 1.18. The highest BCUT2D eigenvalue weighted by molar-refractivity contribution is 7.10. The van der Waals surface area contributed by atoms with Gasteiger partial charge in [-0.2, -0.15) is 18.3 Å². The van der Waals surface area contributed by atoms with E-state index in [1.54, 1.807) is 48.7 Å². The Labute approximate surface area is 174 Å². The zero-order chi connectivity index (χ0) is 21.5. The molecule has 0 saturated heterocycles. The van der Waals surface area contributed by atoms with Gasteiger partial charge in [-0.25, -0.2) is 4.68 Å². The second-order valence-electron chi connectivity index (χ2n) is 7.11. The van der Waals surface area contributed by atoms with Crippen LogP contribution in [0.4, 0.5) is 24.7 Å². The van der Waals surface area contributed by atoms with Crippen LogP contribution in [0.25, 0.3) is 0 Å². The quantitative estimate of drug-likeness (QED) is 0.543. The fraction of sp³-hybridized carbons (Fsp3) is 0.300. The molecule has 30 heavy (non-hydrogen) atoms. The SMILES string of the molecule is C[C@H](O)c1ccc(NC(=O)c2cnn3c2N[C@@H](c2cccs2)C[C@H]3C(F)(F)F)cc1. The van der Waals surface area contributed by atoms with Crippen LogP contribution in [0.5, 0.6) is 0 Å². The van der Waals surface area contributed by atoms with Gasteiger partial charge in [0.05, 0.1) is 18.3 Å². The van der Waals surface area contributed by atoms with Gasteiger partial charge in [0.2, 0.25) is 0 Å². The summed E-state index contributed by atoms with van der Waals surface area (Å²) in [4.78, 5) is 13.5. The maximum absolute atomic E-state index is 13.7. The van der Waals surface area contributed by atoms with Crippen molar-refractivity contribution >= 4 is 28.7 Å². The van der Waals surface area contributed by atoms with E-state index in [1.165, 1.54) is 11.3 Å². The van der Waals surface area contributed by atoms with Gasteiger partial charge in [0.1, 0.15) is 11.4 Å². The fourth-order valence-corrected chi connectivity index (χ4v) is 4.24. The first-order valence-electron chi connectivity index (χ1n) is 9.27. The molecule has 4 rings (SSSR count). The minimum atomic E-state index is -4.50. The summed E-state index contributed by atoms with van der Waals surface area (Å²) >= 11 is 1.36. The lowest BCUT2D eigenvalue weighted by molar-refractivity contribution is -0.173. The molecule has 3 aromatic rings. The van der Waals surface area contributed by atoms with Crippen molar-refractivity contribution in [1.82, 2.24) is 9.78 Å². The molecule has 0 aliphatic carbocycles. The van der Waals surface area contributed by atoms with E-state index >= 15 is 0 Å². The van der Waals surface area contributed by atoms with Gasteiger partial charge in [0.25, 0.3) is 5.91 Å². The highest BCUT2D eigenvalue weighted by atomic mass is 32.1. The number of thiophene rings is 1. The molecule has 0 saturated carbocycles. The lowest BCUT2D eigenvalue weighted by Crippen LogP contribution is -2.36. The van der Waals surface area contributed by atoms with E-state index in [9.17, 15) is 23.1 Å². The van der Waals surface area contributed by atoms with Gasteiger partial charge < -0.3 is 15.7 Å². The first-order valence-corrected chi connectivity index (χ1v) is 10.2. The minimum absolute atomic E-state index is 0.0325. The Morgan fingerprint density at radius 2 is 2.07 bits per heavy atom. The van der Waals surface area contributed by atoms with Crippen LogP contribution in [-0.2, 0) is 0 Å². The second kappa shape index (κ2) is 7.77. The van der Waals surface area contributed by atoms with Crippen LogP contribution in [0, 0.1) is 0 Å². The van der Waals surface area contributed by atoms with Crippen molar-refractivity contribution in [1.29, 1.82) is 0 Å². The van der Waals surface area contributed by atoms with Gasteiger partial charge >= 0.3 is 6.18 Å². The Morgan fingerprint density at radius 1 is 1.33 bits per heavy atom. The smallest absolute Gasteiger partial charge is 0.389 e. The zero-order valence-corrected chi connectivity index (χ0v) is 16.7. The average Bonchev–Trinajstić information content (AvgIpc) is 3.36. The van der Waals surface area contributed by atoms with Gasteiger partial charge in [-0.05, 0) is 36.1 Å². The van der Waals surface area contributed by atoms with Crippen molar-refractivity contribution in [3.05, 3.63) is 64.0 Å². The second-order valence-corrected chi connectivity index (χ2v) is 8.09. The Hall–Kier alpha value is -2.85. The number of rotatable bonds is 4. The summed E-state index contributed by atoms with van der Waals surface area (Å²) < 4.78 is 41.9. The summed E-state index contributed by atoms with van der Waals surface area (Å²) in [5, 5.41) is 21.0. The number of hydrogen-bond donors (Lipinski definition) is 3. The van der Waals surface area contributed by atoms with Crippen LogP contribution >= 0.6 is 11.3 Å². The lowest BCUT2D eigenvalue weighted by Gasteiger charge is -2.33. The lowest BCUT2D eigenvalue weighted by atomic mass is 10.0. The largest absolute Gasteiger partial charge is 0.410 e. The Balaban J connectivity index is 1.63. The maximum Gasteiger partial charge on any atom is 0.410 e. The number of hydrogen-bond acceptors (Lipinski definition) is 5. The van der Waals surface area contributed by atoms with Crippen LogP contribution in [-0.4, -0.2) is 27.0 Å². The third kappa shape index (κ3) is 3.92. The number of halogens is 3. The number of benzene rings is 1. The van der Waals surface area contributed by atoms with Crippen LogP contribution in [0.2, 0.25) is 0 Å². The molecule has 0 unspecified atom stereocenters. The van der Waals surface area contributed by atoms with Crippen molar-refractivity contribution in [3.63, 3.8) is 0 Å². The Bertz CT molecular complexity index is 1030. The topological polar surface area (TPSA) is 79.2 Å². The summed E-state index contributed by atoms with van der Waals surface area (Å²) in [6.45, 7) is 1.62. The summed E-state index contributed by atoms with van der Waals surface area (Å²) in [6, 6.07) is 7.72. The fourth-order valence-electron chi connectivity index (χ4n) is 3.45. The number of carbonyl (C=O) groups is 1. The van der Waals surface area contributed by atoms with Gasteiger partial charge in [0.15, 0.2) is 6.04 Å². The molecule has 158 valence electrons. The van der Waals surface area contributed by atoms with Crippen molar-refractivity contribution in [2.75, 3.05) is 10.6 Å². The third-order valence-corrected chi connectivity index (χ3v) is 6.01. The number of nitrogens with zero attached hydrogens (tertiary/aromatic N) is 2. The first-order chi connectivity index (χ1) is 14.2.